The molecule has 0 bridgehead atoms. The number of hydrogen-bond acceptors (Lipinski definition) is 5. The van der Waals surface area contributed by atoms with Crippen molar-refractivity contribution < 1.29 is 4.79 Å². The summed E-state index contributed by atoms with van der Waals surface area (Å²) in [5.41, 5.74) is 2.91. The number of amides is 1. The summed E-state index contributed by atoms with van der Waals surface area (Å²) in [7, 11) is 0. The minimum absolute atomic E-state index is 0.108. The molecule has 0 spiro atoms. The third-order valence-electron chi connectivity index (χ3n) is 5.34. The van der Waals surface area contributed by atoms with Crippen LogP contribution in [0.5, 0.6) is 0 Å². The van der Waals surface area contributed by atoms with E-state index in [-0.39, 0.29) is 16.6 Å². The predicted molar refractivity (Wildman–Crippen MR) is 128 cm³/mol. The van der Waals surface area contributed by atoms with E-state index in [4.69, 9.17) is 5.84 Å². The zero-order valence-electron chi connectivity index (χ0n) is 18.5. The first-order valence-electron chi connectivity index (χ1n) is 10.4. The smallest absolute Gasteiger partial charge is 0.237 e. The number of nitrogens with two attached hydrogens (primary N) is 1. The van der Waals surface area contributed by atoms with E-state index in [1.165, 1.54) is 27.3 Å². The Kier molecular flexibility index (Phi) is 5.43. The third kappa shape index (κ3) is 3.87. The van der Waals surface area contributed by atoms with E-state index in [2.05, 4.69) is 51.3 Å². The van der Waals surface area contributed by atoms with E-state index in [0.29, 0.717) is 11.0 Å². The Morgan fingerprint density at radius 2 is 1.84 bits per heavy atom. The SMILES string of the molecule is CCn1c2ccccc2c2cc(NC(=O)C(C)Sc3nnc(C(C)(C)C)n3N)ccc21. The number of nitrogens with one attached hydrogen (secondary N) is 1. The van der Waals surface area contributed by atoms with Gasteiger partial charge in [0.05, 0.1) is 5.25 Å². The largest absolute Gasteiger partial charge is 0.341 e. The van der Waals surface area contributed by atoms with Crippen LogP contribution in [0.2, 0.25) is 0 Å². The molecule has 162 valence electrons. The van der Waals surface area contributed by atoms with Crippen LogP contribution in [0.15, 0.2) is 47.6 Å². The molecule has 1 atom stereocenters. The van der Waals surface area contributed by atoms with Crippen molar-refractivity contribution in [2.75, 3.05) is 11.2 Å². The molecule has 1 amide bonds. The number of para-hydroxylation sites is 1. The average molecular weight is 437 g/mol. The van der Waals surface area contributed by atoms with Gasteiger partial charge in [-0.15, -0.1) is 10.2 Å². The van der Waals surface area contributed by atoms with Crippen LogP contribution in [0, 0.1) is 0 Å². The summed E-state index contributed by atoms with van der Waals surface area (Å²) < 4.78 is 3.76. The quantitative estimate of drug-likeness (QED) is 0.354. The number of hydrogen-bond donors (Lipinski definition) is 2. The molecular formula is C23H28N6OS. The maximum atomic E-state index is 12.9. The summed E-state index contributed by atoms with van der Waals surface area (Å²) in [6.07, 6.45) is 0. The van der Waals surface area contributed by atoms with Crippen molar-refractivity contribution in [2.24, 2.45) is 0 Å². The van der Waals surface area contributed by atoms with Gasteiger partial charge in [0.1, 0.15) is 0 Å². The second-order valence-corrected chi connectivity index (χ2v) is 9.98. The number of thioether (sulfide) groups is 1. The highest BCUT2D eigenvalue weighted by atomic mass is 32.2. The van der Waals surface area contributed by atoms with Gasteiger partial charge in [0.15, 0.2) is 5.82 Å². The number of anilines is 1. The number of rotatable bonds is 5. The van der Waals surface area contributed by atoms with Crippen molar-refractivity contribution in [3.8, 4) is 0 Å². The molecule has 7 nitrogen and oxygen atoms in total. The van der Waals surface area contributed by atoms with Crippen molar-refractivity contribution >= 4 is 45.2 Å². The molecule has 0 fully saturated rings. The van der Waals surface area contributed by atoms with Crippen LogP contribution in [0.25, 0.3) is 21.8 Å². The van der Waals surface area contributed by atoms with Crippen LogP contribution in [-0.2, 0) is 16.8 Å². The Labute approximate surface area is 186 Å². The molecule has 4 aromatic rings. The fourth-order valence-corrected chi connectivity index (χ4v) is 4.57. The van der Waals surface area contributed by atoms with Gasteiger partial charge < -0.3 is 15.7 Å². The molecule has 2 heterocycles. The van der Waals surface area contributed by atoms with E-state index in [1.54, 1.807) is 0 Å². The number of carbonyl (C=O) groups excluding carboxylic acids is 1. The molecule has 0 saturated heterocycles. The fraction of sp³-hybridized carbons (Fsp3) is 0.348. The van der Waals surface area contributed by atoms with Gasteiger partial charge in [-0.25, -0.2) is 4.68 Å². The highest BCUT2D eigenvalue weighted by Crippen LogP contribution is 2.31. The number of fused-ring (bicyclic) bond motifs is 3. The number of benzene rings is 2. The summed E-state index contributed by atoms with van der Waals surface area (Å²) in [6.45, 7) is 10.9. The lowest BCUT2D eigenvalue weighted by molar-refractivity contribution is -0.115. The molecule has 31 heavy (non-hydrogen) atoms. The first kappa shape index (κ1) is 21.2. The lowest BCUT2D eigenvalue weighted by Gasteiger charge is -2.17. The van der Waals surface area contributed by atoms with Crippen molar-refractivity contribution in [1.82, 2.24) is 19.4 Å². The average Bonchev–Trinajstić information content (AvgIpc) is 3.25. The van der Waals surface area contributed by atoms with Crippen LogP contribution >= 0.6 is 11.8 Å². The van der Waals surface area contributed by atoms with Gasteiger partial charge in [-0.2, -0.15) is 0 Å². The van der Waals surface area contributed by atoms with Gasteiger partial charge in [-0.1, -0.05) is 50.7 Å². The van der Waals surface area contributed by atoms with Crippen LogP contribution in [-0.4, -0.2) is 30.6 Å². The van der Waals surface area contributed by atoms with E-state index >= 15 is 0 Å². The lowest BCUT2D eigenvalue weighted by atomic mass is 9.96. The maximum absolute atomic E-state index is 12.9. The highest BCUT2D eigenvalue weighted by molar-refractivity contribution is 8.00. The molecule has 0 aliphatic rings. The van der Waals surface area contributed by atoms with Gasteiger partial charge >= 0.3 is 0 Å². The Morgan fingerprint density at radius 1 is 1.13 bits per heavy atom. The summed E-state index contributed by atoms with van der Waals surface area (Å²) in [5, 5.41) is 13.8. The standard InChI is InChI=1S/C23H28N6OS/c1-6-28-18-10-8-7-9-16(18)17-13-15(11-12-19(17)28)25-20(30)14(2)31-22-27-26-21(29(22)24)23(3,4)5/h7-14H,6,24H2,1-5H3,(H,25,30). The molecule has 0 radical (unpaired) electrons. The number of aromatic nitrogens is 4. The van der Waals surface area contributed by atoms with Crippen molar-refractivity contribution in [2.45, 2.75) is 57.0 Å². The Balaban J connectivity index is 1.56. The molecule has 8 heteroatoms. The third-order valence-corrected chi connectivity index (χ3v) is 6.40. The van der Waals surface area contributed by atoms with Crippen molar-refractivity contribution in [1.29, 1.82) is 0 Å². The minimum atomic E-state index is -0.382. The number of nitrogen functional groups attached to an aromatic ring is 1. The van der Waals surface area contributed by atoms with Gasteiger partial charge in [-0.3, -0.25) is 4.79 Å². The second kappa shape index (κ2) is 7.92. The van der Waals surface area contributed by atoms with Gasteiger partial charge in [0.2, 0.25) is 11.1 Å². The molecular weight excluding hydrogens is 408 g/mol. The molecule has 0 aliphatic heterocycles. The van der Waals surface area contributed by atoms with Gasteiger partial charge in [0, 0.05) is 39.5 Å². The highest BCUT2D eigenvalue weighted by Gasteiger charge is 2.25. The van der Waals surface area contributed by atoms with Crippen LogP contribution < -0.4 is 11.2 Å². The van der Waals surface area contributed by atoms with E-state index in [9.17, 15) is 4.79 Å². The predicted octanol–water partition coefficient (Wildman–Crippen LogP) is 4.54. The Morgan fingerprint density at radius 3 is 2.52 bits per heavy atom. The second-order valence-electron chi connectivity index (χ2n) is 8.67. The van der Waals surface area contributed by atoms with E-state index in [1.807, 2.05) is 45.9 Å². The van der Waals surface area contributed by atoms with Crippen LogP contribution in [0.4, 0.5) is 5.69 Å². The monoisotopic (exact) mass is 436 g/mol. The molecule has 0 saturated carbocycles. The summed E-state index contributed by atoms with van der Waals surface area (Å²) >= 11 is 1.30. The number of nitrogens with zero attached hydrogens (tertiary/aromatic N) is 4. The van der Waals surface area contributed by atoms with Gasteiger partial charge in [0.25, 0.3) is 0 Å². The van der Waals surface area contributed by atoms with Crippen molar-refractivity contribution in [3.63, 3.8) is 0 Å². The zero-order valence-corrected chi connectivity index (χ0v) is 19.3. The summed E-state index contributed by atoms with van der Waals surface area (Å²) in [6, 6.07) is 14.4. The van der Waals surface area contributed by atoms with Crippen LogP contribution in [0.1, 0.15) is 40.4 Å². The topological polar surface area (TPSA) is 90.8 Å². The molecule has 1 unspecified atom stereocenters. The van der Waals surface area contributed by atoms with E-state index in [0.717, 1.165) is 23.1 Å². The Hall–Kier alpha value is -3.00. The van der Waals surface area contributed by atoms with Gasteiger partial charge in [-0.05, 0) is 38.1 Å². The van der Waals surface area contributed by atoms with Crippen LogP contribution in [0.3, 0.4) is 0 Å². The summed E-state index contributed by atoms with van der Waals surface area (Å²) in [4.78, 5) is 12.9. The lowest BCUT2D eigenvalue weighted by Crippen LogP contribution is -2.26. The molecule has 0 aliphatic carbocycles. The first-order valence-corrected chi connectivity index (χ1v) is 11.3. The molecule has 2 aromatic carbocycles. The first-order chi connectivity index (χ1) is 14.7. The van der Waals surface area contributed by atoms with Crippen molar-refractivity contribution in [3.05, 3.63) is 48.3 Å². The number of aryl methyl sites for hydroxylation is 1. The number of carbonyl (C=O) groups is 1. The minimum Gasteiger partial charge on any atom is -0.341 e. The fourth-order valence-electron chi connectivity index (χ4n) is 3.80. The molecule has 4 rings (SSSR count). The molecule has 3 N–H and O–H groups in total. The maximum Gasteiger partial charge on any atom is 0.237 e. The zero-order chi connectivity index (χ0) is 22.3. The molecule has 2 aromatic heterocycles. The summed E-state index contributed by atoms with van der Waals surface area (Å²) in [5.74, 6) is 6.73. The normalized spacial score (nSPS) is 13.1. The van der Waals surface area contributed by atoms with E-state index < -0.39 is 0 Å². The Bertz CT molecular complexity index is 1270.